The summed E-state index contributed by atoms with van der Waals surface area (Å²) in [6.07, 6.45) is 0.617. The predicted molar refractivity (Wildman–Crippen MR) is 82.9 cm³/mol. The molecule has 0 saturated heterocycles. The molecule has 0 bridgehead atoms. The van der Waals surface area contributed by atoms with Crippen molar-refractivity contribution in [3.8, 4) is 0 Å². The summed E-state index contributed by atoms with van der Waals surface area (Å²) in [4.78, 5) is 14.1. The molecule has 0 aliphatic carbocycles. The molecule has 21 heavy (non-hydrogen) atoms. The molecule has 0 unspecified atom stereocenters. The number of benzene rings is 2. The summed E-state index contributed by atoms with van der Waals surface area (Å²) < 4.78 is 14.0. The van der Waals surface area contributed by atoms with Gasteiger partial charge in [0.05, 0.1) is 5.69 Å². The van der Waals surface area contributed by atoms with Gasteiger partial charge in [-0.15, -0.1) is 0 Å². The Bertz CT molecular complexity index is 610. The average Bonchev–Trinajstić information content (AvgIpc) is 2.50. The van der Waals surface area contributed by atoms with E-state index in [-0.39, 0.29) is 11.6 Å². The van der Waals surface area contributed by atoms with Crippen molar-refractivity contribution < 1.29 is 9.18 Å². The fraction of sp³-hybridized carbons (Fsp3) is 0.235. The molecule has 4 heteroatoms. The van der Waals surface area contributed by atoms with E-state index in [1.54, 1.807) is 30.3 Å². The minimum absolute atomic E-state index is 0.214. The SMILES string of the molecule is Cc1ccc(C(=O)N(CCCN)c2ccccc2F)cc1. The first-order valence-electron chi connectivity index (χ1n) is 6.96. The van der Waals surface area contributed by atoms with Crippen molar-refractivity contribution >= 4 is 11.6 Å². The largest absolute Gasteiger partial charge is 0.330 e. The van der Waals surface area contributed by atoms with Crippen LogP contribution in [0.1, 0.15) is 22.3 Å². The second kappa shape index (κ2) is 6.99. The molecular weight excluding hydrogens is 267 g/mol. The highest BCUT2D eigenvalue weighted by atomic mass is 19.1. The Morgan fingerprint density at radius 1 is 1.14 bits per heavy atom. The average molecular weight is 286 g/mol. The van der Waals surface area contributed by atoms with Gasteiger partial charge in [-0.25, -0.2) is 4.39 Å². The highest BCUT2D eigenvalue weighted by Crippen LogP contribution is 2.21. The van der Waals surface area contributed by atoms with E-state index in [1.165, 1.54) is 11.0 Å². The van der Waals surface area contributed by atoms with Gasteiger partial charge >= 0.3 is 0 Å². The highest BCUT2D eigenvalue weighted by molar-refractivity contribution is 6.06. The van der Waals surface area contributed by atoms with E-state index in [1.807, 2.05) is 19.1 Å². The predicted octanol–water partition coefficient (Wildman–Crippen LogP) is 3.13. The van der Waals surface area contributed by atoms with E-state index in [9.17, 15) is 9.18 Å². The van der Waals surface area contributed by atoms with Crippen molar-refractivity contribution in [1.29, 1.82) is 0 Å². The molecule has 0 radical (unpaired) electrons. The second-order valence-electron chi connectivity index (χ2n) is 4.92. The number of carbonyl (C=O) groups is 1. The van der Waals surface area contributed by atoms with Crippen LogP contribution in [0.5, 0.6) is 0 Å². The number of anilines is 1. The van der Waals surface area contributed by atoms with Crippen LogP contribution in [0.25, 0.3) is 0 Å². The maximum Gasteiger partial charge on any atom is 0.258 e. The lowest BCUT2D eigenvalue weighted by atomic mass is 10.1. The Hall–Kier alpha value is -2.20. The molecule has 3 nitrogen and oxygen atoms in total. The lowest BCUT2D eigenvalue weighted by Gasteiger charge is -2.23. The molecule has 0 aromatic heterocycles. The number of para-hydroxylation sites is 1. The quantitative estimate of drug-likeness (QED) is 0.918. The summed E-state index contributed by atoms with van der Waals surface area (Å²) in [5.74, 6) is -0.622. The molecule has 2 aromatic rings. The van der Waals surface area contributed by atoms with Gasteiger partial charge < -0.3 is 10.6 Å². The van der Waals surface area contributed by atoms with Crippen LogP contribution in [-0.4, -0.2) is 19.0 Å². The van der Waals surface area contributed by atoms with Crippen molar-refractivity contribution in [1.82, 2.24) is 0 Å². The fourth-order valence-electron chi connectivity index (χ4n) is 2.10. The smallest absolute Gasteiger partial charge is 0.258 e. The van der Waals surface area contributed by atoms with Crippen molar-refractivity contribution in [2.75, 3.05) is 18.0 Å². The van der Waals surface area contributed by atoms with Gasteiger partial charge in [0.2, 0.25) is 0 Å². The number of aryl methyl sites for hydroxylation is 1. The number of halogens is 1. The van der Waals surface area contributed by atoms with Gasteiger partial charge in [0.1, 0.15) is 5.82 Å². The molecule has 2 N–H and O–H groups in total. The number of hydrogen-bond acceptors (Lipinski definition) is 2. The molecular formula is C17H19FN2O. The molecule has 0 saturated carbocycles. The maximum atomic E-state index is 14.0. The lowest BCUT2D eigenvalue weighted by molar-refractivity contribution is 0.0986. The van der Waals surface area contributed by atoms with Gasteiger partial charge in [-0.1, -0.05) is 29.8 Å². The van der Waals surface area contributed by atoms with Crippen LogP contribution in [0, 0.1) is 12.7 Å². The maximum absolute atomic E-state index is 14.0. The Balaban J connectivity index is 2.33. The zero-order valence-corrected chi connectivity index (χ0v) is 12.1. The first kappa shape index (κ1) is 15.2. The molecule has 0 spiro atoms. The zero-order chi connectivity index (χ0) is 15.2. The number of hydrogen-bond donors (Lipinski definition) is 1. The van der Waals surface area contributed by atoms with Gasteiger partial charge in [-0.2, -0.15) is 0 Å². The summed E-state index contributed by atoms with van der Waals surface area (Å²) >= 11 is 0. The van der Waals surface area contributed by atoms with Gasteiger partial charge in [0.15, 0.2) is 0 Å². The van der Waals surface area contributed by atoms with E-state index in [0.717, 1.165) is 5.56 Å². The van der Waals surface area contributed by atoms with Crippen molar-refractivity contribution in [2.45, 2.75) is 13.3 Å². The van der Waals surface area contributed by atoms with Crippen LogP contribution in [0.15, 0.2) is 48.5 Å². The lowest BCUT2D eigenvalue weighted by Crippen LogP contribution is -2.33. The summed E-state index contributed by atoms with van der Waals surface area (Å²) in [5, 5.41) is 0. The Morgan fingerprint density at radius 3 is 2.43 bits per heavy atom. The summed E-state index contributed by atoms with van der Waals surface area (Å²) in [6.45, 7) is 2.80. The number of nitrogens with zero attached hydrogens (tertiary/aromatic N) is 1. The Morgan fingerprint density at radius 2 is 1.81 bits per heavy atom. The summed E-state index contributed by atoms with van der Waals surface area (Å²) in [6, 6.07) is 13.5. The zero-order valence-electron chi connectivity index (χ0n) is 12.1. The van der Waals surface area contributed by atoms with Crippen LogP contribution in [0.2, 0.25) is 0 Å². The van der Waals surface area contributed by atoms with Crippen molar-refractivity contribution in [3.63, 3.8) is 0 Å². The van der Waals surface area contributed by atoms with Crippen molar-refractivity contribution in [2.24, 2.45) is 5.73 Å². The molecule has 1 amide bonds. The summed E-state index contributed by atoms with van der Waals surface area (Å²) in [7, 11) is 0. The van der Waals surface area contributed by atoms with Gasteiger partial charge in [-0.3, -0.25) is 4.79 Å². The molecule has 2 rings (SSSR count). The fourth-order valence-corrected chi connectivity index (χ4v) is 2.10. The monoisotopic (exact) mass is 286 g/mol. The number of rotatable bonds is 5. The van der Waals surface area contributed by atoms with Crippen LogP contribution in [0.4, 0.5) is 10.1 Å². The van der Waals surface area contributed by atoms with Gasteiger partial charge in [0.25, 0.3) is 5.91 Å². The van der Waals surface area contributed by atoms with Crippen LogP contribution in [-0.2, 0) is 0 Å². The molecule has 110 valence electrons. The molecule has 0 heterocycles. The minimum Gasteiger partial charge on any atom is -0.330 e. The number of carbonyl (C=O) groups excluding carboxylic acids is 1. The summed E-state index contributed by atoms with van der Waals surface area (Å²) in [5.41, 5.74) is 7.43. The standard InChI is InChI=1S/C17H19FN2O/c1-13-7-9-14(10-8-13)17(21)20(12-4-11-19)16-6-3-2-5-15(16)18/h2-3,5-10H,4,11-12,19H2,1H3. The van der Waals surface area contributed by atoms with E-state index in [0.29, 0.717) is 25.1 Å². The Kier molecular flexibility index (Phi) is 5.06. The van der Waals surface area contributed by atoms with Crippen molar-refractivity contribution in [3.05, 3.63) is 65.5 Å². The highest BCUT2D eigenvalue weighted by Gasteiger charge is 2.19. The van der Waals surface area contributed by atoms with E-state index in [4.69, 9.17) is 5.73 Å². The second-order valence-corrected chi connectivity index (χ2v) is 4.92. The third-order valence-corrected chi connectivity index (χ3v) is 3.27. The number of nitrogens with two attached hydrogens (primary N) is 1. The normalized spacial score (nSPS) is 10.4. The van der Waals surface area contributed by atoms with Gasteiger partial charge in [-0.05, 0) is 44.2 Å². The van der Waals surface area contributed by atoms with E-state index < -0.39 is 5.82 Å². The van der Waals surface area contributed by atoms with Crippen LogP contribution < -0.4 is 10.6 Å². The van der Waals surface area contributed by atoms with Crippen LogP contribution >= 0.6 is 0 Å². The molecule has 0 aliphatic rings. The minimum atomic E-state index is -0.407. The topological polar surface area (TPSA) is 46.3 Å². The molecule has 0 aliphatic heterocycles. The molecule has 2 aromatic carbocycles. The van der Waals surface area contributed by atoms with Crippen LogP contribution in [0.3, 0.4) is 0 Å². The Labute approximate surface area is 124 Å². The third-order valence-electron chi connectivity index (χ3n) is 3.27. The molecule has 0 fully saturated rings. The molecule has 0 atom stereocenters. The van der Waals surface area contributed by atoms with Gasteiger partial charge in [0, 0.05) is 12.1 Å². The first-order valence-corrected chi connectivity index (χ1v) is 6.96. The first-order chi connectivity index (χ1) is 10.1. The third kappa shape index (κ3) is 3.67. The van der Waals surface area contributed by atoms with E-state index >= 15 is 0 Å². The number of amides is 1. The van der Waals surface area contributed by atoms with E-state index in [2.05, 4.69) is 0 Å².